The van der Waals surface area contributed by atoms with Crippen LogP contribution in [0.15, 0.2) is 18.2 Å². The summed E-state index contributed by atoms with van der Waals surface area (Å²) in [5.41, 5.74) is 6.52. The van der Waals surface area contributed by atoms with E-state index >= 15 is 0 Å². The number of nitrogens with zero attached hydrogens (tertiary/aromatic N) is 3. The lowest BCUT2D eigenvalue weighted by atomic mass is 9.66. The molecule has 31 heavy (non-hydrogen) atoms. The maximum atomic E-state index is 5.86. The number of methoxy groups -OCH3 is 1. The van der Waals surface area contributed by atoms with E-state index in [9.17, 15) is 0 Å². The first kappa shape index (κ1) is 19.5. The highest BCUT2D eigenvalue weighted by Gasteiger charge is 2.39. The average molecular weight is 419 g/mol. The molecule has 1 aliphatic heterocycles. The van der Waals surface area contributed by atoms with Gasteiger partial charge in [0.2, 0.25) is 0 Å². The quantitative estimate of drug-likeness (QED) is 0.715. The molecular formula is C26H34N4O. The van der Waals surface area contributed by atoms with Crippen molar-refractivity contribution in [2.24, 2.45) is 0 Å². The molecule has 3 fully saturated rings. The van der Waals surface area contributed by atoms with E-state index in [4.69, 9.17) is 14.9 Å². The van der Waals surface area contributed by atoms with Gasteiger partial charge in [0, 0.05) is 23.7 Å². The molecule has 0 radical (unpaired) electrons. The van der Waals surface area contributed by atoms with Crippen LogP contribution in [0.1, 0.15) is 85.8 Å². The van der Waals surface area contributed by atoms with Gasteiger partial charge in [-0.15, -0.1) is 10.2 Å². The van der Waals surface area contributed by atoms with E-state index in [1.807, 2.05) is 0 Å². The number of likely N-dealkylation sites (N-methyl/N-ethyl adjacent to an activating group) is 1. The maximum absolute atomic E-state index is 5.86. The summed E-state index contributed by atoms with van der Waals surface area (Å²) in [6.07, 6.45) is 10.2. The van der Waals surface area contributed by atoms with Crippen LogP contribution >= 0.6 is 0 Å². The minimum Gasteiger partial charge on any atom is -0.496 e. The molecule has 5 nitrogen and oxygen atoms in total. The minimum atomic E-state index is 0.468. The Morgan fingerprint density at radius 1 is 0.935 bits per heavy atom. The zero-order valence-corrected chi connectivity index (χ0v) is 18.9. The number of aromatic nitrogens is 2. The number of likely N-dealkylation sites (tertiary alicyclic amines) is 1. The third kappa shape index (κ3) is 3.51. The highest BCUT2D eigenvalue weighted by molar-refractivity contribution is 5.75. The summed E-state index contributed by atoms with van der Waals surface area (Å²) in [6, 6.07) is 7.24. The van der Waals surface area contributed by atoms with Gasteiger partial charge in [0.05, 0.1) is 7.11 Å². The predicted octanol–water partition coefficient (Wildman–Crippen LogP) is 5.29. The summed E-state index contributed by atoms with van der Waals surface area (Å²) in [5, 5.41) is 13.5. The fourth-order valence-electron chi connectivity index (χ4n) is 6.32. The summed E-state index contributed by atoms with van der Waals surface area (Å²) < 4.78 is 5.86. The van der Waals surface area contributed by atoms with Crippen molar-refractivity contribution in [2.75, 3.05) is 32.6 Å². The molecule has 0 spiro atoms. The molecule has 0 amide bonds. The zero-order valence-electron chi connectivity index (χ0n) is 18.9. The predicted molar refractivity (Wildman–Crippen MR) is 124 cm³/mol. The monoisotopic (exact) mass is 418 g/mol. The zero-order chi connectivity index (χ0) is 20.9. The lowest BCUT2D eigenvalue weighted by Gasteiger charge is -2.40. The van der Waals surface area contributed by atoms with E-state index in [-0.39, 0.29) is 0 Å². The second-order valence-corrected chi connectivity index (χ2v) is 10.3. The molecule has 4 aliphatic carbocycles. The van der Waals surface area contributed by atoms with Crippen molar-refractivity contribution in [1.29, 1.82) is 0 Å². The van der Waals surface area contributed by atoms with Crippen LogP contribution in [0, 0.1) is 0 Å². The lowest BCUT2D eigenvalue weighted by molar-refractivity contribution is 0.260. The Labute approximate surface area is 185 Å². The standard InChI is InChI=1S/C26H34N4O/c1-30-13-3-4-20(15-30)27-26-24-18-9-7-17(8-10-18)23(24)25(28-29-26)21-12-11-19(16-5-6-16)14-22(21)31-2/h11-12,14,16-18,20H,3-10,13,15H2,1-2H3,(H,27,29)/t17?,18?,20-/m1/s1. The van der Waals surface area contributed by atoms with Crippen molar-refractivity contribution < 1.29 is 4.74 Å². The van der Waals surface area contributed by atoms with Crippen LogP contribution in [0.4, 0.5) is 5.82 Å². The molecule has 1 saturated heterocycles. The van der Waals surface area contributed by atoms with Crippen molar-refractivity contribution in [3.63, 3.8) is 0 Å². The van der Waals surface area contributed by atoms with E-state index in [2.05, 4.69) is 35.5 Å². The van der Waals surface area contributed by atoms with Crippen LogP contribution in [-0.4, -0.2) is 48.4 Å². The number of fused-ring (bicyclic) bond motifs is 2. The molecule has 1 aromatic carbocycles. The average Bonchev–Trinajstić information content (AvgIpc) is 3.65. The van der Waals surface area contributed by atoms with Gasteiger partial charge < -0.3 is 15.0 Å². The van der Waals surface area contributed by atoms with E-state index in [0.29, 0.717) is 17.9 Å². The first-order chi connectivity index (χ1) is 15.2. The Kier molecular flexibility index (Phi) is 4.90. The second-order valence-electron chi connectivity index (χ2n) is 10.3. The number of hydrogen-bond donors (Lipinski definition) is 1. The second kappa shape index (κ2) is 7.77. The molecule has 1 atom stereocenters. The molecule has 5 heteroatoms. The van der Waals surface area contributed by atoms with Crippen molar-refractivity contribution in [3.05, 3.63) is 34.9 Å². The van der Waals surface area contributed by atoms with Gasteiger partial charge in [0.25, 0.3) is 0 Å². The largest absolute Gasteiger partial charge is 0.496 e. The molecule has 7 rings (SSSR count). The number of nitrogens with one attached hydrogen (secondary N) is 1. The molecule has 2 heterocycles. The van der Waals surface area contributed by atoms with Crippen molar-refractivity contribution in [2.45, 2.75) is 75.2 Å². The van der Waals surface area contributed by atoms with E-state index in [1.165, 1.54) is 74.6 Å². The van der Waals surface area contributed by atoms with Gasteiger partial charge >= 0.3 is 0 Å². The van der Waals surface area contributed by atoms with Crippen LogP contribution in [0.2, 0.25) is 0 Å². The Hall–Kier alpha value is -2.14. The summed E-state index contributed by atoms with van der Waals surface area (Å²) in [7, 11) is 4.01. The first-order valence-electron chi connectivity index (χ1n) is 12.2. The van der Waals surface area contributed by atoms with Crippen LogP contribution < -0.4 is 10.1 Å². The van der Waals surface area contributed by atoms with Gasteiger partial charge in [-0.2, -0.15) is 0 Å². The molecule has 2 saturated carbocycles. The van der Waals surface area contributed by atoms with Crippen LogP contribution in [0.25, 0.3) is 11.3 Å². The molecule has 5 aliphatic rings. The molecule has 2 bridgehead atoms. The number of ether oxygens (including phenoxy) is 1. The number of hydrogen-bond acceptors (Lipinski definition) is 5. The van der Waals surface area contributed by atoms with Gasteiger partial charge in [0.1, 0.15) is 11.4 Å². The van der Waals surface area contributed by atoms with Crippen molar-refractivity contribution >= 4 is 5.82 Å². The van der Waals surface area contributed by atoms with Gasteiger partial charge in [-0.25, -0.2) is 0 Å². The molecule has 164 valence electrons. The summed E-state index contributed by atoms with van der Waals surface area (Å²) >= 11 is 0. The molecule has 1 aromatic heterocycles. The lowest BCUT2D eigenvalue weighted by Crippen LogP contribution is -2.40. The Morgan fingerprint density at radius 3 is 2.39 bits per heavy atom. The van der Waals surface area contributed by atoms with Crippen LogP contribution in [0.5, 0.6) is 5.75 Å². The molecular weight excluding hydrogens is 384 g/mol. The number of piperidine rings is 1. The van der Waals surface area contributed by atoms with Crippen molar-refractivity contribution in [1.82, 2.24) is 15.1 Å². The third-order valence-corrected chi connectivity index (χ3v) is 8.09. The summed E-state index contributed by atoms with van der Waals surface area (Å²) in [6.45, 7) is 2.28. The van der Waals surface area contributed by atoms with Gasteiger partial charge in [-0.05, 0) is 106 Å². The van der Waals surface area contributed by atoms with E-state index in [0.717, 1.165) is 35.3 Å². The van der Waals surface area contributed by atoms with E-state index < -0.39 is 0 Å². The van der Waals surface area contributed by atoms with Crippen LogP contribution in [-0.2, 0) is 0 Å². The molecule has 0 unspecified atom stereocenters. The normalized spacial score (nSPS) is 27.7. The summed E-state index contributed by atoms with van der Waals surface area (Å²) in [5.74, 6) is 3.96. The minimum absolute atomic E-state index is 0.468. The topological polar surface area (TPSA) is 50.3 Å². The fourth-order valence-corrected chi connectivity index (χ4v) is 6.32. The van der Waals surface area contributed by atoms with Crippen molar-refractivity contribution in [3.8, 4) is 17.0 Å². The number of anilines is 1. The highest BCUT2D eigenvalue weighted by Crippen LogP contribution is 2.54. The van der Waals surface area contributed by atoms with E-state index in [1.54, 1.807) is 7.11 Å². The molecule has 1 N–H and O–H groups in total. The van der Waals surface area contributed by atoms with Gasteiger partial charge in [0.15, 0.2) is 5.82 Å². The Morgan fingerprint density at radius 2 is 1.68 bits per heavy atom. The fraction of sp³-hybridized carbons (Fsp3) is 0.615. The maximum Gasteiger partial charge on any atom is 0.152 e. The highest BCUT2D eigenvalue weighted by atomic mass is 16.5. The smallest absolute Gasteiger partial charge is 0.152 e. The van der Waals surface area contributed by atoms with Gasteiger partial charge in [-0.3, -0.25) is 0 Å². The number of benzene rings is 1. The summed E-state index contributed by atoms with van der Waals surface area (Å²) in [4.78, 5) is 2.42. The Bertz CT molecular complexity index is 978. The number of rotatable bonds is 5. The third-order valence-electron chi connectivity index (χ3n) is 8.09. The van der Waals surface area contributed by atoms with Gasteiger partial charge in [-0.1, -0.05) is 6.07 Å². The Balaban J connectivity index is 1.42. The van der Waals surface area contributed by atoms with Crippen LogP contribution in [0.3, 0.4) is 0 Å². The SMILES string of the molecule is COc1cc(C2CC2)ccc1-c1nnc(N[C@@H]2CCCN(C)C2)c2c1C1CCC2CC1. The molecule has 2 aromatic rings. The first-order valence-corrected chi connectivity index (χ1v) is 12.2.